The Labute approximate surface area is 90.5 Å². The van der Waals surface area contributed by atoms with Crippen molar-refractivity contribution in [3.63, 3.8) is 0 Å². The van der Waals surface area contributed by atoms with Gasteiger partial charge in [-0.2, -0.15) is 5.10 Å². The Bertz CT molecular complexity index is 754. The molecule has 3 aromatic rings. The molecule has 2 heterocycles. The molecule has 0 aliphatic heterocycles. The standard InChI is InChI=1S/C11H10N4O/c1-6-9-7-4-2-3-5-8(7)13-10(9)11(16)15(12)14-6/h2-5,13H,12H2,1H3. The minimum atomic E-state index is -0.309. The van der Waals surface area contributed by atoms with E-state index in [1.165, 1.54) is 0 Å². The van der Waals surface area contributed by atoms with Crippen LogP contribution in [0.15, 0.2) is 29.1 Å². The number of H-pyrrole nitrogens is 1. The molecule has 80 valence electrons. The Morgan fingerprint density at radius 3 is 2.94 bits per heavy atom. The molecule has 0 unspecified atom stereocenters. The topological polar surface area (TPSA) is 76.7 Å². The van der Waals surface area contributed by atoms with Gasteiger partial charge in [0.05, 0.1) is 5.69 Å². The fraction of sp³-hybridized carbons (Fsp3) is 0.0909. The number of para-hydroxylation sites is 1. The van der Waals surface area contributed by atoms with Crippen LogP contribution in [0.25, 0.3) is 21.8 Å². The van der Waals surface area contributed by atoms with Crippen LogP contribution >= 0.6 is 0 Å². The third kappa shape index (κ3) is 0.995. The molecule has 0 spiro atoms. The monoisotopic (exact) mass is 214 g/mol. The summed E-state index contributed by atoms with van der Waals surface area (Å²) in [6.45, 7) is 1.84. The van der Waals surface area contributed by atoms with Crippen molar-refractivity contribution in [3.8, 4) is 0 Å². The lowest BCUT2D eigenvalue weighted by atomic mass is 10.1. The van der Waals surface area contributed by atoms with Gasteiger partial charge in [0.1, 0.15) is 5.52 Å². The second-order valence-electron chi connectivity index (χ2n) is 3.76. The smallest absolute Gasteiger partial charge is 0.310 e. The molecule has 0 radical (unpaired) electrons. The van der Waals surface area contributed by atoms with Crippen molar-refractivity contribution in [2.75, 3.05) is 5.84 Å². The van der Waals surface area contributed by atoms with Crippen molar-refractivity contribution in [1.29, 1.82) is 0 Å². The molecule has 2 aromatic heterocycles. The normalized spacial score (nSPS) is 11.3. The zero-order chi connectivity index (χ0) is 11.3. The van der Waals surface area contributed by atoms with Crippen LogP contribution in [-0.4, -0.2) is 14.9 Å². The van der Waals surface area contributed by atoms with Gasteiger partial charge in [-0.1, -0.05) is 18.2 Å². The number of hydrogen-bond acceptors (Lipinski definition) is 3. The largest absolute Gasteiger partial charge is 0.350 e. The summed E-state index contributed by atoms with van der Waals surface area (Å²) in [4.78, 5) is 15.7. The van der Waals surface area contributed by atoms with Crippen LogP contribution in [0.1, 0.15) is 5.69 Å². The Kier molecular flexibility index (Phi) is 1.60. The number of aryl methyl sites for hydroxylation is 1. The van der Waals surface area contributed by atoms with Crippen molar-refractivity contribution < 1.29 is 0 Å². The van der Waals surface area contributed by atoms with E-state index in [0.29, 0.717) is 5.52 Å². The molecular formula is C11H10N4O. The number of aromatic amines is 1. The van der Waals surface area contributed by atoms with Gasteiger partial charge in [0.15, 0.2) is 0 Å². The van der Waals surface area contributed by atoms with Gasteiger partial charge in [0.2, 0.25) is 0 Å². The lowest BCUT2D eigenvalue weighted by molar-refractivity contribution is 0.758. The lowest BCUT2D eigenvalue weighted by Gasteiger charge is -1.99. The number of hydrogen-bond donors (Lipinski definition) is 2. The number of nitrogens with one attached hydrogen (secondary N) is 1. The molecule has 16 heavy (non-hydrogen) atoms. The summed E-state index contributed by atoms with van der Waals surface area (Å²) in [5, 5.41) is 5.84. The van der Waals surface area contributed by atoms with Crippen LogP contribution < -0.4 is 11.4 Å². The van der Waals surface area contributed by atoms with Gasteiger partial charge in [-0.3, -0.25) is 4.79 Å². The Morgan fingerprint density at radius 2 is 2.12 bits per heavy atom. The maximum atomic E-state index is 11.8. The van der Waals surface area contributed by atoms with Crippen LogP contribution in [0.5, 0.6) is 0 Å². The molecule has 0 fully saturated rings. The van der Waals surface area contributed by atoms with Crippen LogP contribution in [0.2, 0.25) is 0 Å². The van der Waals surface area contributed by atoms with E-state index in [1.807, 2.05) is 31.2 Å². The Hall–Kier alpha value is -2.30. The second-order valence-corrected chi connectivity index (χ2v) is 3.76. The van der Waals surface area contributed by atoms with Crippen LogP contribution in [0, 0.1) is 6.92 Å². The number of nitrogen functional groups attached to an aromatic ring is 1. The van der Waals surface area contributed by atoms with E-state index in [-0.39, 0.29) is 5.56 Å². The van der Waals surface area contributed by atoms with Gasteiger partial charge in [-0.25, -0.2) is 0 Å². The highest BCUT2D eigenvalue weighted by molar-refractivity contribution is 6.07. The van der Waals surface area contributed by atoms with Gasteiger partial charge in [0.25, 0.3) is 0 Å². The first kappa shape index (κ1) is 8.96. The van der Waals surface area contributed by atoms with Gasteiger partial charge in [-0.15, -0.1) is 4.79 Å². The fourth-order valence-electron chi connectivity index (χ4n) is 2.05. The maximum Gasteiger partial charge on any atom is 0.310 e. The molecule has 5 nitrogen and oxygen atoms in total. The Morgan fingerprint density at radius 1 is 1.38 bits per heavy atom. The Balaban J connectivity index is 2.70. The summed E-state index contributed by atoms with van der Waals surface area (Å²) in [6.07, 6.45) is 0. The molecule has 0 aliphatic rings. The maximum absolute atomic E-state index is 11.8. The van der Waals surface area contributed by atoms with Crippen LogP contribution in [-0.2, 0) is 0 Å². The van der Waals surface area contributed by atoms with Crippen molar-refractivity contribution in [3.05, 3.63) is 40.3 Å². The summed E-state index contributed by atoms with van der Waals surface area (Å²) < 4.78 is 0. The van der Waals surface area contributed by atoms with E-state index in [4.69, 9.17) is 5.84 Å². The first-order valence-electron chi connectivity index (χ1n) is 4.94. The molecule has 0 saturated heterocycles. The third-order valence-corrected chi connectivity index (χ3v) is 2.75. The summed E-state index contributed by atoms with van der Waals surface area (Å²) in [7, 11) is 0. The van der Waals surface area contributed by atoms with E-state index >= 15 is 0 Å². The van der Waals surface area contributed by atoms with Gasteiger partial charge >= 0.3 is 5.56 Å². The summed E-state index contributed by atoms with van der Waals surface area (Å²) >= 11 is 0. The zero-order valence-corrected chi connectivity index (χ0v) is 8.69. The number of rotatable bonds is 0. The number of nitrogens with zero attached hydrogens (tertiary/aromatic N) is 2. The van der Waals surface area contributed by atoms with E-state index in [1.54, 1.807) is 0 Å². The molecule has 5 heteroatoms. The third-order valence-electron chi connectivity index (χ3n) is 2.75. The average molecular weight is 214 g/mol. The highest BCUT2D eigenvalue weighted by Gasteiger charge is 2.11. The van der Waals surface area contributed by atoms with E-state index in [9.17, 15) is 4.79 Å². The van der Waals surface area contributed by atoms with Gasteiger partial charge < -0.3 is 10.8 Å². The van der Waals surface area contributed by atoms with Crippen molar-refractivity contribution in [2.45, 2.75) is 6.92 Å². The van der Waals surface area contributed by atoms with Crippen LogP contribution in [0.4, 0.5) is 0 Å². The van der Waals surface area contributed by atoms with E-state index < -0.39 is 0 Å². The summed E-state index contributed by atoms with van der Waals surface area (Å²) in [6, 6.07) is 7.74. The number of fused-ring (bicyclic) bond motifs is 3. The minimum Gasteiger partial charge on any atom is -0.350 e. The SMILES string of the molecule is Cc1nn(N)c(=O)c2[nH]c3ccccc3c12. The molecule has 3 N–H and O–H groups in total. The van der Waals surface area contributed by atoms with Gasteiger partial charge in [0, 0.05) is 16.3 Å². The quantitative estimate of drug-likeness (QED) is 0.546. The molecule has 0 aliphatic carbocycles. The van der Waals surface area contributed by atoms with Crippen molar-refractivity contribution >= 4 is 21.8 Å². The second kappa shape index (κ2) is 2.85. The highest BCUT2D eigenvalue weighted by Crippen LogP contribution is 2.24. The van der Waals surface area contributed by atoms with Gasteiger partial charge in [-0.05, 0) is 13.0 Å². The lowest BCUT2D eigenvalue weighted by Crippen LogP contribution is -2.30. The minimum absolute atomic E-state index is 0.309. The molecular weight excluding hydrogens is 204 g/mol. The molecule has 0 atom stereocenters. The molecule has 0 saturated carbocycles. The average Bonchev–Trinajstić information content (AvgIpc) is 2.65. The number of nitrogens with two attached hydrogens (primary N) is 1. The van der Waals surface area contributed by atoms with Crippen molar-refractivity contribution in [2.24, 2.45) is 0 Å². The number of aromatic nitrogens is 3. The molecule has 1 aromatic carbocycles. The summed E-state index contributed by atoms with van der Waals surface area (Å²) in [5.74, 6) is 5.48. The predicted octanol–water partition coefficient (Wildman–Crippen LogP) is 0.900. The highest BCUT2D eigenvalue weighted by atomic mass is 16.1. The molecule has 3 rings (SSSR count). The fourth-order valence-corrected chi connectivity index (χ4v) is 2.05. The van der Waals surface area contributed by atoms with Crippen LogP contribution in [0.3, 0.4) is 0 Å². The van der Waals surface area contributed by atoms with E-state index in [2.05, 4.69) is 10.1 Å². The first-order valence-corrected chi connectivity index (χ1v) is 4.94. The molecule has 0 bridgehead atoms. The molecule has 0 amide bonds. The number of benzene rings is 1. The van der Waals surface area contributed by atoms with E-state index in [0.717, 1.165) is 26.8 Å². The zero-order valence-electron chi connectivity index (χ0n) is 8.69. The summed E-state index contributed by atoms with van der Waals surface area (Å²) in [5.41, 5.74) is 1.87. The van der Waals surface area contributed by atoms with Crippen molar-refractivity contribution in [1.82, 2.24) is 14.9 Å². The first-order chi connectivity index (χ1) is 7.68. The predicted molar refractivity (Wildman–Crippen MR) is 62.7 cm³/mol.